The number of nitrogens with two attached hydrogens (primary N) is 1. The maximum atomic E-state index is 13.4. The zero-order valence-corrected chi connectivity index (χ0v) is 10.9. The van der Waals surface area contributed by atoms with Crippen molar-refractivity contribution in [3.05, 3.63) is 59.2 Å². The van der Waals surface area contributed by atoms with Gasteiger partial charge in [0.2, 0.25) is 5.91 Å². The molecule has 0 aliphatic heterocycles. The van der Waals surface area contributed by atoms with Crippen LogP contribution in [0.3, 0.4) is 0 Å². The van der Waals surface area contributed by atoms with Gasteiger partial charge in [-0.15, -0.1) is 0 Å². The zero-order valence-electron chi connectivity index (χ0n) is 10.9. The van der Waals surface area contributed by atoms with E-state index in [2.05, 4.69) is 5.32 Å². The summed E-state index contributed by atoms with van der Waals surface area (Å²) in [6.45, 7) is 1.86. The molecule has 0 unspecified atom stereocenters. The summed E-state index contributed by atoms with van der Waals surface area (Å²) in [6.07, 6.45) is -0.167. The fourth-order valence-electron chi connectivity index (χ4n) is 1.76. The number of anilines is 2. The summed E-state index contributed by atoms with van der Waals surface area (Å²) in [6, 6.07) is 8.26. The Balaban J connectivity index is 2.07. The third kappa shape index (κ3) is 3.32. The second kappa shape index (κ2) is 5.69. The highest BCUT2D eigenvalue weighted by atomic mass is 19.1. The quantitative estimate of drug-likeness (QED) is 0.847. The number of nitrogens with one attached hydrogen (secondary N) is 1. The van der Waals surface area contributed by atoms with E-state index < -0.39 is 17.5 Å². The van der Waals surface area contributed by atoms with Crippen LogP contribution in [0.2, 0.25) is 0 Å². The molecule has 0 fully saturated rings. The van der Waals surface area contributed by atoms with Crippen LogP contribution in [-0.2, 0) is 11.2 Å². The Labute approximate surface area is 115 Å². The Hall–Kier alpha value is -2.43. The molecule has 0 atom stereocenters. The number of carbonyl (C=O) groups is 1. The van der Waals surface area contributed by atoms with Crippen molar-refractivity contribution >= 4 is 17.3 Å². The van der Waals surface area contributed by atoms with E-state index in [-0.39, 0.29) is 12.0 Å². The number of nitrogen functional groups attached to an aromatic ring is 1. The van der Waals surface area contributed by atoms with Gasteiger partial charge in [0.25, 0.3) is 0 Å². The number of aryl methyl sites for hydroxylation is 1. The molecule has 5 heteroatoms. The summed E-state index contributed by atoms with van der Waals surface area (Å²) >= 11 is 0. The minimum atomic E-state index is -0.733. The molecular formula is C15H14F2N2O. The van der Waals surface area contributed by atoms with E-state index in [1.165, 1.54) is 6.07 Å². The second-order valence-corrected chi connectivity index (χ2v) is 4.53. The Morgan fingerprint density at radius 3 is 2.60 bits per heavy atom. The van der Waals surface area contributed by atoms with Gasteiger partial charge in [0, 0.05) is 17.4 Å². The lowest BCUT2D eigenvalue weighted by atomic mass is 10.1. The van der Waals surface area contributed by atoms with Gasteiger partial charge in [-0.05, 0) is 36.2 Å². The highest BCUT2D eigenvalue weighted by molar-refractivity contribution is 5.92. The van der Waals surface area contributed by atoms with Crippen molar-refractivity contribution in [1.29, 1.82) is 0 Å². The van der Waals surface area contributed by atoms with Crippen LogP contribution in [0.25, 0.3) is 0 Å². The van der Waals surface area contributed by atoms with Crippen LogP contribution in [0.4, 0.5) is 20.2 Å². The van der Waals surface area contributed by atoms with Crippen LogP contribution in [0.15, 0.2) is 36.4 Å². The van der Waals surface area contributed by atoms with Crippen molar-refractivity contribution in [2.45, 2.75) is 13.3 Å². The molecule has 0 aliphatic rings. The van der Waals surface area contributed by atoms with Gasteiger partial charge in [0.05, 0.1) is 6.42 Å². The van der Waals surface area contributed by atoms with Gasteiger partial charge < -0.3 is 11.1 Å². The van der Waals surface area contributed by atoms with E-state index >= 15 is 0 Å². The number of hydrogen-bond acceptors (Lipinski definition) is 2. The number of hydrogen-bond donors (Lipinski definition) is 2. The van der Waals surface area contributed by atoms with E-state index in [0.29, 0.717) is 11.4 Å². The first-order valence-electron chi connectivity index (χ1n) is 6.05. The Morgan fingerprint density at radius 2 is 1.95 bits per heavy atom. The van der Waals surface area contributed by atoms with E-state index in [1.54, 1.807) is 18.2 Å². The fraction of sp³-hybridized carbons (Fsp3) is 0.133. The maximum absolute atomic E-state index is 13.4. The summed E-state index contributed by atoms with van der Waals surface area (Å²) in [4.78, 5) is 11.8. The van der Waals surface area contributed by atoms with E-state index in [1.807, 2.05) is 6.92 Å². The average Bonchev–Trinajstić information content (AvgIpc) is 2.37. The molecule has 0 spiro atoms. The van der Waals surface area contributed by atoms with E-state index in [4.69, 9.17) is 5.73 Å². The van der Waals surface area contributed by atoms with E-state index in [0.717, 1.165) is 17.7 Å². The lowest BCUT2D eigenvalue weighted by Gasteiger charge is -2.08. The summed E-state index contributed by atoms with van der Waals surface area (Å²) in [5.41, 5.74) is 7.90. The first-order valence-corrected chi connectivity index (χ1v) is 6.05. The molecule has 0 aromatic heterocycles. The molecule has 20 heavy (non-hydrogen) atoms. The molecule has 104 valence electrons. The van der Waals surface area contributed by atoms with Gasteiger partial charge in [-0.2, -0.15) is 0 Å². The topological polar surface area (TPSA) is 55.1 Å². The zero-order chi connectivity index (χ0) is 14.7. The summed E-state index contributed by atoms with van der Waals surface area (Å²) in [7, 11) is 0. The molecule has 0 radical (unpaired) electrons. The van der Waals surface area contributed by atoms with Crippen molar-refractivity contribution in [3.63, 3.8) is 0 Å². The number of rotatable bonds is 3. The second-order valence-electron chi connectivity index (χ2n) is 4.53. The molecule has 0 saturated heterocycles. The predicted octanol–water partition coefficient (Wildman–Crippen LogP) is 3.04. The third-order valence-corrected chi connectivity index (χ3v) is 2.93. The summed E-state index contributed by atoms with van der Waals surface area (Å²) in [5.74, 6) is -1.79. The minimum absolute atomic E-state index is 0.143. The normalized spacial score (nSPS) is 10.3. The van der Waals surface area contributed by atoms with Gasteiger partial charge in [0.15, 0.2) is 0 Å². The van der Waals surface area contributed by atoms with Crippen molar-refractivity contribution in [2.24, 2.45) is 0 Å². The first-order chi connectivity index (χ1) is 9.45. The SMILES string of the molecule is Cc1ccc(NC(=O)Cc2ccc(F)cc2F)cc1N. The molecule has 0 aliphatic carbocycles. The lowest BCUT2D eigenvalue weighted by Crippen LogP contribution is -2.15. The highest BCUT2D eigenvalue weighted by Gasteiger charge is 2.09. The Bertz CT molecular complexity index is 656. The van der Waals surface area contributed by atoms with E-state index in [9.17, 15) is 13.6 Å². The molecule has 2 aromatic carbocycles. The Morgan fingerprint density at radius 1 is 1.20 bits per heavy atom. The fourth-order valence-corrected chi connectivity index (χ4v) is 1.76. The van der Waals surface area contributed by atoms with Crippen LogP contribution in [-0.4, -0.2) is 5.91 Å². The molecule has 2 rings (SSSR count). The monoisotopic (exact) mass is 276 g/mol. The largest absolute Gasteiger partial charge is 0.398 e. The number of carbonyl (C=O) groups excluding carboxylic acids is 1. The summed E-state index contributed by atoms with van der Waals surface area (Å²) in [5, 5.41) is 2.62. The van der Waals surface area contributed by atoms with Gasteiger partial charge in [-0.25, -0.2) is 8.78 Å². The molecular weight excluding hydrogens is 262 g/mol. The van der Waals surface area contributed by atoms with Gasteiger partial charge in [-0.3, -0.25) is 4.79 Å². The van der Waals surface area contributed by atoms with Crippen molar-refractivity contribution in [3.8, 4) is 0 Å². The van der Waals surface area contributed by atoms with Gasteiger partial charge >= 0.3 is 0 Å². The van der Waals surface area contributed by atoms with Crippen LogP contribution in [0.5, 0.6) is 0 Å². The molecule has 1 amide bonds. The lowest BCUT2D eigenvalue weighted by molar-refractivity contribution is -0.115. The molecule has 2 aromatic rings. The number of benzene rings is 2. The highest BCUT2D eigenvalue weighted by Crippen LogP contribution is 2.17. The first kappa shape index (κ1) is 14.0. The Kier molecular flexibility index (Phi) is 3.98. The van der Waals surface area contributed by atoms with Crippen molar-refractivity contribution in [1.82, 2.24) is 0 Å². The van der Waals surface area contributed by atoms with Gasteiger partial charge in [-0.1, -0.05) is 12.1 Å². The van der Waals surface area contributed by atoms with Crippen LogP contribution in [0.1, 0.15) is 11.1 Å². The molecule has 3 N–H and O–H groups in total. The maximum Gasteiger partial charge on any atom is 0.228 e. The molecule has 0 saturated carbocycles. The number of amides is 1. The van der Waals surface area contributed by atoms with Crippen molar-refractivity contribution < 1.29 is 13.6 Å². The minimum Gasteiger partial charge on any atom is -0.398 e. The number of halogens is 2. The third-order valence-electron chi connectivity index (χ3n) is 2.93. The standard InChI is InChI=1S/C15H14F2N2O/c1-9-2-5-12(8-14(9)18)19-15(20)6-10-3-4-11(16)7-13(10)17/h2-5,7-8H,6,18H2,1H3,(H,19,20). The smallest absolute Gasteiger partial charge is 0.228 e. The molecule has 0 heterocycles. The van der Waals surface area contributed by atoms with Crippen molar-refractivity contribution in [2.75, 3.05) is 11.1 Å². The van der Waals surface area contributed by atoms with Crippen LogP contribution >= 0.6 is 0 Å². The van der Waals surface area contributed by atoms with Crippen LogP contribution < -0.4 is 11.1 Å². The predicted molar refractivity (Wildman–Crippen MR) is 74.3 cm³/mol. The molecule has 3 nitrogen and oxygen atoms in total. The summed E-state index contributed by atoms with van der Waals surface area (Å²) < 4.78 is 26.2. The molecule has 0 bridgehead atoms. The average molecular weight is 276 g/mol. The van der Waals surface area contributed by atoms with Crippen LogP contribution in [0, 0.1) is 18.6 Å². The van der Waals surface area contributed by atoms with Gasteiger partial charge in [0.1, 0.15) is 11.6 Å².